The number of nitrogens with zero attached hydrogens (tertiary/aromatic N) is 2. The van der Waals surface area contributed by atoms with Crippen molar-refractivity contribution >= 4 is 5.91 Å². The minimum Gasteiger partial charge on any atom is -0.484 e. The Morgan fingerprint density at radius 2 is 1.73 bits per heavy atom. The van der Waals surface area contributed by atoms with Gasteiger partial charge in [-0.3, -0.25) is 4.79 Å². The molecule has 1 aromatic heterocycles. The first kappa shape index (κ1) is 17.5. The summed E-state index contributed by atoms with van der Waals surface area (Å²) in [6, 6.07) is 10.5. The maximum absolute atomic E-state index is 13.0. The molecule has 26 heavy (non-hydrogen) atoms. The highest BCUT2D eigenvalue weighted by Crippen LogP contribution is 2.19. The highest BCUT2D eigenvalue weighted by molar-refractivity contribution is 5.77. The lowest BCUT2D eigenvalue weighted by Gasteiger charge is -2.10. The summed E-state index contributed by atoms with van der Waals surface area (Å²) in [5, 5.41) is 6.48. The third kappa shape index (κ3) is 4.41. The molecule has 0 aliphatic carbocycles. The Kier molecular flexibility index (Phi) is 5.21. The lowest BCUT2D eigenvalue weighted by Crippen LogP contribution is -2.31. The Morgan fingerprint density at radius 3 is 2.38 bits per heavy atom. The summed E-state index contributed by atoms with van der Waals surface area (Å²) in [5.74, 6) is -0.264. The molecule has 8 heteroatoms. The third-order valence-corrected chi connectivity index (χ3v) is 3.48. The normalized spacial score (nSPS) is 11.8. The van der Waals surface area contributed by atoms with Crippen molar-refractivity contribution in [1.29, 1.82) is 0 Å². The minimum atomic E-state index is -0.541. The Labute approximate surface area is 147 Å². The molecule has 1 heterocycles. The first-order valence-electron chi connectivity index (χ1n) is 7.78. The molecule has 2 aromatic carbocycles. The van der Waals surface area contributed by atoms with Crippen LogP contribution in [0.3, 0.4) is 0 Å². The van der Waals surface area contributed by atoms with Crippen LogP contribution >= 0.6 is 0 Å². The summed E-state index contributed by atoms with van der Waals surface area (Å²) < 4.78 is 36.2. The first-order chi connectivity index (χ1) is 12.5. The average Bonchev–Trinajstić information content (AvgIpc) is 3.12. The smallest absolute Gasteiger partial charge is 0.258 e. The number of hydrogen-bond donors (Lipinski definition) is 1. The van der Waals surface area contributed by atoms with Gasteiger partial charge in [-0.1, -0.05) is 5.16 Å². The van der Waals surface area contributed by atoms with Gasteiger partial charge in [0.2, 0.25) is 11.7 Å². The molecule has 0 aliphatic rings. The molecule has 0 saturated carbocycles. The van der Waals surface area contributed by atoms with Crippen molar-refractivity contribution < 1.29 is 22.8 Å². The number of ether oxygens (including phenoxy) is 1. The van der Waals surface area contributed by atoms with Gasteiger partial charge in [0.25, 0.3) is 5.91 Å². The standard InChI is InChI=1S/C18H15F2N3O3/c1-11(21-16(24)10-25-15-8-6-14(20)7-9-15)18-22-17(23-26-18)12-2-4-13(19)5-3-12/h2-9,11H,10H2,1H3,(H,21,24). The summed E-state index contributed by atoms with van der Waals surface area (Å²) in [5.41, 5.74) is 0.597. The number of nitrogens with one attached hydrogen (secondary N) is 1. The molecule has 0 aliphatic heterocycles. The van der Waals surface area contributed by atoms with E-state index in [9.17, 15) is 13.6 Å². The predicted octanol–water partition coefficient (Wildman–Crippen LogP) is 3.27. The molecule has 6 nitrogen and oxygen atoms in total. The Hall–Kier alpha value is -3.29. The van der Waals surface area contributed by atoms with Crippen molar-refractivity contribution in [3.05, 3.63) is 66.1 Å². The number of benzene rings is 2. The van der Waals surface area contributed by atoms with E-state index in [1.165, 1.54) is 48.5 Å². The van der Waals surface area contributed by atoms with E-state index in [2.05, 4.69) is 15.5 Å². The Balaban J connectivity index is 1.55. The van der Waals surface area contributed by atoms with Crippen molar-refractivity contribution in [1.82, 2.24) is 15.5 Å². The summed E-state index contributed by atoms with van der Waals surface area (Å²) in [6.07, 6.45) is 0. The zero-order valence-corrected chi connectivity index (χ0v) is 13.8. The van der Waals surface area contributed by atoms with Crippen LogP contribution in [0.4, 0.5) is 8.78 Å². The second-order valence-electron chi connectivity index (χ2n) is 5.49. The van der Waals surface area contributed by atoms with Crippen LogP contribution in [0.5, 0.6) is 5.75 Å². The molecule has 0 saturated heterocycles. The summed E-state index contributed by atoms with van der Waals surface area (Å²) in [7, 11) is 0. The SMILES string of the molecule is CC(NC(=O)COc1ccc(F)cc1)c1nc(-c2ccc(F)cc2)no1. The van der Waals surface area contributed by atoms with Gasteiger partial charge >= 0.3 is 0 Å². The number of hydrogen-bond acceptors (Lipinski definition) is 5. The van der Waals surface area contributed by atoms with Crippen LogP contribution in [0.1, 0.15) is 18.9 Å². The van der Waals surface area contributed by atoms with Gasteiger partial charge in [-0.05, 0) is 55.5 Å². The van der Waals surface area contributed by atoms with Crippen LogP contribution in [-0.4, -0.2) is 22.7 Å². The molecule has 0 fully saturated rings. The minimum absolute atomic E-state index is 0.208. The predicted molar refractivity (Wildman–Crippen MR) is 88.1 cm³/mol. The number of halogens is 2. The van der Waals surface area contributed by atoms with Crippen molar-refractivity contribution in [3.8, 4) is 17.1 Å². The van der Waals surface area contributed by atoms with Crippen LogP contribution in [0.2, 0.25) is 0 Å². The van der Waals surface area contributed by atoms with Gasteiger partial charge in [0.05, 0.1) is 0 Å². The van der Waals surface area contributed by atoms with Gasteiger partial charge in [0, 0.05) is 5.56 Å². The van der Waals surface area contributed by atoms with E-state index in [4.69, 9.17) is 9.26 Å². The molecule has 0 bridgehead atoms. The molecule has 1 amide bonds. The molecule has 0 radical (unpaired) electrons. The average molecular weight is 359 g/mol. The summed E-state index contributed by atoms with van der Waals surface area (Å²) in [6.45, 7) is 1.44. The number of rotatable bonds is 6. The second-order valence-corrected chi connectivity index (χ2v) is 5.49. The second kappa shape index (κ2) is 7.73. The molecule has 1 unspecified atom stereocenters. The van der Waals surface area contributed by atoms with Gasteiger partial charge in [0.15, 0.2) is 6.61 Å². The zero-order chi connectivity index (χ0) is 18.5. The number of carbonyl (C=O) groups excluding carboxylic acids is 1. The largest absolute Gasteiger partial charge is 0.484 e. The Bertz CT molecular complexity index is 879. The van der Waals surface area contributed by atoms with E-state index in [1.807, 2.05) is 0 Å². The lowest BCUT2D eigenvalue weighted by atomic mass is 10.2. The fraction of sp³-hybridized carbons (Fsp3) is 0.167. The Morgan fingerprint density at radius 1 is 1.12 bits per heavy atom. The quantitative estimate of drug-likeness (QED) is 0.731. The summed E-state index contributed by atoms with van der Waals surface area (Å²) in [4.78, 5) is 16.1. The van der Waals surface area contributed by atoms with Crippen molar-refractivity contribution in [2.75, 3.05) is 6.61 Å². The van der Waals surface area contributed by atoms with Gasteiger partial charge in [-0.25, -0.2) is 8.78 Å². The van der Waals surface area contributed by atoms with E-state index in [0.717, 1.165) is 0 Å². The highest BCUT2D eigenvalue weighted by atomic mass is 19.1. The van der Waals surface area contributed by atoms with Gasteiger partial charge in [-0.15, -0.1) is 0 Å². The van der Waals surface area contributed by atoms with Crippen molar-refractivity contribution in [2.24, 2.45) is 0 Å². The van der Waals surface area contributed by atoms with Crippen molar-refractivity contribution in [3.63, 3.8) is 0 Å². The molecule has 0 spiro atoms. The lowest BCUT2D eigenvalue weighted by molar-refractivity contribution is -0.123. The molecular weight excluding hydrogens is 344 g/mol. The highest BCUT2D eigenvalue weighted by Gasteiger charge is 2.17. The van der Waals surface area contributed by atoms with E-state index < -0.39 is 11.9 Å². The van der Waals surface area contributed by atoms with Crippen molar-refractivity contribution in [2.45, 2.75) is 13.0 Å². The van der Waals surface area contributed by atoms with Gasteiger partial charge in [-0.2, -0.15) is 4.98 Å². The molecular formula is C18H15F2N3O3. The van der Waals surface area contributed by atoms with Crippen LogP contribution in [-0.2, 0) is 4.79 Å². The molecule has 3 rings (SSSR count). The molecule has 3 aromatic rings. The summed E-state index contributed by atoms with van der Waals surface area (Å²) >= 11 is 0. The molecule has 1 atom stereocenters. The fourth-order valence-electron chi connectivity index (χ4n) is 2.15. The zero-order valence-electron chi connectivity index (χ0n) is 13.8. The van der Waals surface area contributed by atoms with E-state index >= 15 is 0 Å². The first-order valence-corrected chi connectivity index (χ1v) is 7.78. The van der Waals surface area contributed by atoms with Crippen LogP contribution in [0, 0.1) is 11.6 Å². The number of amides is 1. The van der Waals surface area contributed by atoms with Gasteiger partial charge in [0.1, 0.15) is 23.4 Å². The monoisotopic (exact) mass is 359 g/mol. The maximum Gasteiger partial charge on any atom is 0.258 e. The van der Waals surface area contributed by atoms with Gasteiger partial charge < -0.3 is 14.6 Å². The van der Waals surface area contributed by atoms with Crippen LogP contribution < -0.4 is 10.1 Å². The molecule has 134 valence electrons. The van der Waals surface area contributed by atoms with Crippen LogP contribution in [0.15, 0.2) is 53.1 Å². The van der Waals surface area contributed by atoms with Crippen LogP contribution in [0.25, 0.3) is 11.4 Å². The van der Waals surface area contributed by atoms with E-state index in [1.54, 1.807) is 6.92 Å². The number of carbonyl (C=O) groups is 1. The van der Waals surface area contributed by atoms with E-state index in [-0.39, 0.29) is 24.1 Å². The fourth-order valence-corrected chi connectivity index (χ4v) is 2.15. The van der Waals surface area contributed by atoms with E-state index in [0.29, 0.717) is 17.1 Å². The topological polar surface area (TPSA) is 77.2 Å². The molecule has 1 N–H and O–H groups in total. The number of aromatic nitrogens is 2. The maximum atomic E-state index is 13.0. The third-order valence-electron chi connectivity index (χ3n) is 3.48.